The molecule has 78 valence electrons. The second-order valence-corrected chi connectivity index (χ2v) is 5.40. The van der Waals surface area contributed by atoms with Crippen molar-refractivity contribution in [2.45, 2.75) is 63.6 Å². The maximum atomic E-state index is 11.5. The first kappa shape index (κ1) is 8.90. The Hall–Kier alpha value is -0.370. The fourth-order valence-electron chi connectivity index (χ4n) is 3.64. The molecular weight excluding hydrogens is 174 g/mol. The normalized spacial score (nSPS) is 47.9. The minimum Gasteiger partial charge on any atom is -0.300 e. The molecule has 2 aliphatic heterocycles. The van der Waals surface area contributed by atoms with E-state index in [0.717, 1.165) is 24.8 Å². The number of nitrogens with zero attached hydrogens (tertiary/aromatic N) is 1. The molecule has 1 aliphatic carbocycles. The summed E-state index contributed by atoms with van der Waals surface area (Å²) in [6.07, 6.45) is 7.02. The Morgan fingerprint density at radius 3 is 2.14 bits per heavy atom. The average Bonchev–Trinajstić information content (AvgIpc) is 2.39. The highest BCUT2D eigenvalue weighted by Crippen LogP contribution is 2.42. The molecule has 3 fully saturated rings. The van der Waals surface area contributed by atoms with Crippen LogP contribution in [0.3, 0.4) is 0 Å². The maximum Gasteiger partial charge on any atom is 0.136 e. The molecule has 1 saturated carbocycles. The molecule has 2 bridgehead atoms. The lowest BCUT2D eigenvalue weighted by molar-refractivity contribution is -0.126. The Balaban J connectivity index is 1.78. The quantitative estimate of drug-likeness (QED) is 0.634. The van der Waals surface area contributed by atoms with E-state index in [2.05, 4.69) is 11.8 Å². The second-order valence-electron chi connectivity index (χ2n) is 5.40. The SMILES string of the molecule is CC1CCC1N1C2CCC1CC(=O)C2. The lowest BCUT2D eigenvalue weighted by Gasteiger charge is -2.48. The van der Waals surface area contributed by atoms with Gasteiger partial charge in [-0.25, -0.2) is 0 Å². The van der Waals surface area contributed by atoms with E-state index in [4.69, 9.17) is 0 Å². The molecule has 0 amide bonds. The van der Waals surface area contributed by atoms with E-state index in [-0.39, 0.29) is 0 Å². The predicted molar refractivity (Wildman–Crippen MR) is 55.1 cm³/mol. The fraction of sp³-hybridized carbons (Fsp3) is 0.917. The van der Waals surface area contributed by atoms with Crippen molar-refractivity contribution in [1.82, 2.24) is 4.90 Å². The van der Waals surface area contributed by atoms with E-state index in [1.807, 2.05) is 0 Å². The van der Waals surface area contributed by atoms with Crippen molar-refractivity contribution in [3.05, 3.63) is 0 Å². The third-order valence-electron chi connectivity index (χ3n) is 4.56. The molecule has 0 N–H and O–H groups in total. The molecule has 3 rings (SSSR count). The average molecular weight is 193 g/mol. The molecule has 2 saturated heterocycles. The zero-order chi connectivity index (χ0) is 9.71. The number of hydrogen-bond acceptors (Lipinski definition) is 2. The minimum atomic E-state index is 0.515. The third-order valence-corrected chi connectivity index (χ3v) is 4.56. The van der Waals surface area contributed by atoms with Crippen molar-refractivity contribution in [1.29, 1.82) is 0 Å². The van der Waals surface area contributed by atoms with Crippen molar-refractivity contribution >= 4 is 5.78 Å². The largest absolute Gasteiger partial charge is 0.300 e. The molecule has 0 aromatic heterocycles. The van der Waals surface area contributed by atoms with Crippen molar-refractivity contribution in [2.75, 3.05) is 0 Å². The van der Waals surface area contributed by atoms with E-state index in [0.29, 0.717) is 17.9 Å². The van der Waals surface area contributed by atoms with Gasteiger partial charge in [0.2, 0.25) is 0 Å². The van der Waals surface area contributed by atoms with Gasteiger partial charge in [-0.1, -0.05) is 6.92 Å². The highest BCUT2D eigenvalue weighted by atomic mass is 16.1. The molecule has 0 radical (unpaired) electrons. The van der Waals surface area contributed by atoms with Crippen LogP contribution in [0.2, 0.25) is 0 Å². The summed E-state index contributed by atoms with van der Waals surface area (Å²) in [5.74, 6) is 1.40. The number of Topliss-reactive ketones (excluding diaryl/α,β-unsaturated/α-hetero) is 1. The molecule has 14 heavy (non-hydrogen) atoms. The fourth-order valence-corrected chi connectivity index (χ4v) is 3.64. The van der Waals surface area contributed by atoms with E-state index in [1.165, 1.54) is 25.7 Å². The summed E-state index contributed by atoms with van der Waals surface area (Å²) in [6, 6.07) is 2.06. The van der Waals surface area contributed by atoms with Crippen LogP contribution < -0.4 is 0 Å². The van der Waals surface area contributed by atoms with Crippen LogP contribution in [-0.2, 0) is 4.79 Å². The summed E-state index contributed by atoms with van der Waals surface area (Å²) in [6.45, 7) is 2.37. The van der Waals surface area contributed by atoms with Crippen LogP contribution in [0.5, 0.6) is 0 Å². The summed E-state index contributed by atoms with van der Waals surface area (Å²) < 4.78 is 0. The minimum absolute atomic E-state index is 0.515. The topological polar surface area (TPSA) is 20.3 Å². The van der Waals surface area contributed by atoms with Gasteiger partial charge in [-0.05, 0) is 31.6 Å². The van der Waals surface area contributed by atoms with Gasteiger partial charge in [-0.15, -0.1) is 0 Å². The van der Waals surface area contributed by atoms with Crippen LogP contribution >= 0.6 is 0 Å². The molecule has 0 spiro atoms. The molecule has 3 aliphatic rings. The molecule has 4 atom stereocenters. The van der Waals surface area contributed by atoms with Gasteiger partial charge in [0, 0.05) is 31.0 Å². The van der Waals surface area contributed by atoms with Crippen molar-refractivity contribution < 1.29 is 4.79 Å². The van der Waals surface area contributed by atoms with E-state index < -0.39 is 0 Å². The van der Waals surface area contributed by atoms with Crippen molar-refractivity contribution in [3.8, 4) is 0 Å². The lowest BCUT2D eigenvalue weighted by Crippen LogP contribution is -2.54. The van der Waals surface area contributed by atoms with Crippen LogP contribution in [0.15, 0.2) is 0 Å². The summed E-state index contributed by atoms with van der Waals surface area (Å²) >= 11 is 0. The van der Waals surface area contributed by atoms with Gasteiger partial charge in [-0.2, -0.15) is 0 Å². The number of fused-ring (bicyclic) bond motifs is 2. The van der Waals surface area contributed by atoms with Gasteiger partial charge in [0.05, 0.1) is 0 Å². The standard InChI is InChI=1S/C12H19NO/c1-8-2-5-12(8)13-9-3-4-10(13)7-11(14)6-9/h8-10,12H,2-7H2,1H3. The molecule has 2 nitrogen and oxygen atoms in total. The number of ketones is 1. The van der Waals surface area contributed by atoms with Gasteiger partial charge in [0.15, 0.2) is 0 Å². The molecule has 0 aromatic rings. The molecule has 2 heteroatoms. The zero-order valence-electron chi connectivity index (χ0n) is 8.91. The van der Waals surface area contributed by atoms with Crippen LogP contribution in [0.4, 0.5) is 0 Å². The van der Waals surface area contributed by atoms with Crippen LogP contribution in [-0.4, -0.2) is 28.8 Å². The highest BCUT2D eigenvalue weighted by molar-refractivity contribution is 5.81. The number of carbonyl (C=O) groups excluding carboxylic acids is 1. The first-order chi connectivity index (χ1) is 6.75. The number of carbonyl (C=O) groups is 1. The van der Waals surface area contributed by atoms with Crippen LogP contribution in [0.1, 0.15) is 45.4 Å². The predicted octanol–water partition coefficient (Wildman–Crippen LogP) is 1.98. The first-order valence-electron chi connectivity index (χ1n) is 6.05. The Kier molecular flexibility index (Phi) is 1.94. The number of rotatable bonds is 1. The van der Waals surface area contributed by atoms with E-state index >= 15 is 0 Å². The van der Waals surface area contributed by atoms with Gasteiger partial charge >= 0.3 is 0 Å². The van der Waals surface area contributed by atoms with Crippen molar-refractivity contribution in [3.63, 3.8) is 0 Å². The van der Waals surface area contributed by atoms with Crippen molar-refractivity contribution in [2.24, 2.45) is 5.92 Å². The highest BCUT2D eigenvalue weighted by Gasteiger charge is 2.46. The smallest absolute Gasteiger partial charge is 0.136 e. The van der Waals surface area contributed by atoms with Gasteiger partial charge < -0.3 is 0 Å². The maximum absolute atomic E-state index is 11.5. The van der Waals surface area contributed by atoms with Crippen LogP contribution in [0, 0.1) is 5.92 Å². The Labute approximate surface area is 85.7 Å². The van der Waals surface area contributed by atoms with Gasteiger partial charge in [0.25, 0.3) is 0 Å². The van der Waals surface area contributed by atoms with E-state index in [9.17, 15) is 4.79 Å². The number of hydrogen-bond donors (Lipinski definition) is 0. The van der Waals surface area contributed by atoms with Gasteiger partial charge in [-0.3, -0.25) is 9.69 Å². The summed E-state index contributed by atoms with van der Waals surface area (Å²) in [5.41, 5.74) is 0. The second kappa shape index (κ2) is 3.06. The molecule has 0 aromatic carbocycles. The zero-order valence-corrected chi connectivity index (χ0v) is 8.91. The summed E-state index contributed by atoms with van der Waals surface area (Å²) in [4.78, 5) is 14.2. The first-order valence-corrected chi connectivity index (χ1v) is 6.05. The van der Waals surface area contributed by atoms with Crippen LogP contribution in [0.25, 0.3) is 0 Å². The van der Waals surface area contributed by atoms with E-state index in [1.54, 1.807) is 0 Å². The lowest BCUT2D eigenvalue weighted by atomic mass is 9.78. The molecule has 4 unspecified atom stereocenters. The molecule has 2 heterocycles. The van der Waals surface area contributed by atoms with Gasteiger partial charge in [0.1, 0.15) is 5.78 Å². The Morgan fingerprint density at radius 2 is 1.71 bits per heavy atom. The Bertz CT molecular complexity index is 247. The molecular formula is C12H19NO. The monoisotopic (exact) mass is 193 g/mol. The third kappa shape index (κ3) is 1.16. The number of piperidine rings is 1. The Morgan fingerprint density at radius 1 is 1.07 bits per heavy atom. The summed E-state index contributed by atoms with van der Waals surface area (Å²) in [5, 5.41) is 0. The summed E-state index contributed by atoms with van der Waals surface area (Å²) in [7, 11) is 0.